The lowest BCUT2D eigenvalue weighted by atomic mass is 9.98. The van der Waals surface area contributed by atoms with Gasteiger partial charge in [-0.15, -0.1) is 0 Å². The summed E-state index contributed by atoms with van der Waals surface area (Å²) < 4.78 is 0. The highest BCUT2D eigenvalue weighted by Gasteiger charge is 2.25. The molecule has 0 fully saturated rings. The molecule has 3 atom stereocenters. The Bertz CT molecular complexity index is 243. The Kier molecular flexibility index (Phi) is 6.53. The van der Waals surface area contributed by atoms with Crippen LogP contribution in [0.5, 0.6) is 0 Å². The van der Waals surface area contributed by atoms with E-state index in [1.165, 1.54) is 0 Å². The summed E-state index contributed by atoms with van der Waals surface area (Å²) in [5.74, 6) is -0.0981. The summed E-state index contributed by atoms with van der Waals surface area (Å²) in [6, 6.07) is -1.10. The van der Waals surface area contributed by atoms with Gasteiger partial charge in [0.25, 0.3) is 0 Å². The van der Waals surface area contributed by atoms with Gasteiger partial charge in [0.2, 0.25) is 5.91 Å². The third-order valence-electron chi connectivity index (χ3n) is 2.79. The number of amides is 3. The second-order valence-corrected chi connectivity index (χ2v) is 4.19. The van der Waals surface area contributed by atoms with Crippen molar-refractivity contribution in [2.24, 2.45) is 11.7 Å². The van der Waals surface area contributed by atoms with Gasteiger partial charge in [-0.05, 0) is 19.3 Å². The third-order valence-corrected chi connectivity index (χ3v) is 2.79. The molecule has 3 amide bonds. The highest BCUT2D eigenvalue weighted by molar-refractivity contribution is 5.86. The van der Waals surface area contributed by atoms with Gasteiger partial charge in [-0.1, -0.05) is 27.2 Å². The number of nitrogens with one attached hydrogen (secondary N) is 2. The van der Waals surface area contributed by atoms with E-state index in [1.54, 1.807) is 0 Å². The molecule has 0 aliphatic carbocycles. The van der Waals surface area contributed by atoms with Crippen LogP contribution in [0, 0.1) is 5.92 Å². The molecule has 5 heteroatoms. The van der Waals surface area contributed by atoms with Gasteiger partial charge in [0.15, 0.2) is 0 Å². The lowest BCUT2D eigenvalue weighted by Gasteiger charge is -2.24. The van der Waals surface area contributed by atoms with Gasteiger partial charge < -0.3 is 16.4 Å². The van der Waals surface area contributed by atoms with Crippen molar-refractivity contribution < 1.29 is 9.59 Å². The van der Waals surface area contributed by atoms with Crippen LogP contribution < -0.4 is 16.4 Å². The van der Waals surface area contributed by atoms with E-state index in [0.29, 0.717) is 0 Å². The first-order chi connectivity index (χ1) is 7.42. The zero-order valence-electron chi connectivity index (χ0n) is 10.5. The van der Waals surface area contributed by atoms with Crippen LogP contribution in [0.1, 0.15) is 40.5 Å². The predicted molar refractivity (Wildman–Crippen MR) is 63.9 cm³/mol. The van der Waals surface area contributed by atoms with E-state index < -0.39 is 12.1 Å². The van der Waals surface area contributed by atoms with E-state index in [1.807, 2.05) is 27.7 Å². The van der Waals surface area contributed by atoms with Crippen LogP contribution in [0.15, 0.2) is 0 Å². The molecule has 0 unspecified atom stereocenters. The molecule has 0 aliphatic rings. The lowest BCUT2D eigenvalue weighted by molar-refractivity contribution is -0.124. The fourth-order valence-electron chi connectivity index (χ4n) is 1.29. The monoisotopic (exact) mass is 229 g/mol. The molecule has 0 heterocycles. The summed E-state index contributed by atoms with van der Waals surface area (Å²) in [4.78, 5) is 22.7. The first kappa shape index (κ1) is 14.7. The quantitative estimate of drug-likeness (QED) is 0.634. The van der Waals surface area contributed by atoms with Gasteiger partial charge in [0.05, 0.1) is 0 Å². The molecule has 94 valence electrons. The number of carbonyl (C=O) groups is 2. The van der Waals surface area contributed by atoms with E-state index in [0.717, 1.165) is 12.8 Å². The third kappa shape index (κ3) is 5.00. The first-order valence-electron chi connectivity index (χ1n) is 5.78. The van der Waals surface area contributed by atoms with Gasteiger partial charge in [-0.3, -0.25) is 4.79 Å². The maximum Gasteiger partial charge on any atom is 0.312 e. The Morgan fingerprint density at radius 1 is 1.12 bits per heavy atom. The average molecular weight is 229 g/mol. The highest BCUT2D eigenvalue weighted by Crippen LogP contribution is 2.08. The molecule has 0 spiro atoms. The molecule has 0 aliphatic heterocycles. The molecule has 0 aromatic rings. The molecule has 0 saturated heterocycles. The summed E-state index contributed by atoms with van der Waals surface area (Å²) in [6.45, 7) is 7.80. The Labute approximate surface area is 97.2 Å². The molecule has 0 radical (unpaired) electrons. The van der Waals surface area contributed by atoms with E-state index in [2.05, 4.69) is 10.6 Å². The highest BCUT2D eigenvalue weighted by atomic mass is 16.2. The fourth-order valence-corrected chi connectivity index (χ4v) is 1.29. The number of rotatable bonds is 6. The second kappa shape index (κ2) is 7.09. The molecule has 0 rings (SSSR count). The van der Waals surface area contributed by atoms with Crippen LogP contribution in [0.2, 0.25) is 0 Å². The van der Waals surface area contributed by atoms with Crippen molar-refractivity contribution in [3.05, 3.63) is 0 Å². The molecule has 0 aromatic heterocycles. The molecule has 5 nitrogen and oxygen atoms in total. The topological polar surface area (TPSA) is 84.2 Å². The minimum Gasteiger partial charge on any atom is -0.352 e. The van der Waals surface area contributed by atoms with Crippen LogP contribution in [-0.2, 0) is 4.79 Å². The van der Waals surface area contributed by atoms with Crippen molar-refractivity contribution >= 4 is 11.9 Å². The summed E-state index contributed by atoms with van der Waals surface area (Å²) in [5, 5.41) is 5.33. The smallest absolute Gasteiger partial charge is 0.312 e. The van der Waals surface area contributed by atoms with Crippen LogP contribution in [0.3, 0.4) is 0 Å². The number of primary amides is 1. The zero-order chi connectivity index (χ0) is 12.7. The van der Waals surface area contributed by atoms with Crippen LogP contribution in [0.25, 0.3) is 0 Å². The van der Waals surface area contributed by atoms with E-state index in [9.17, 15) is 9.59 Å². The lowest BCUT2D eigenvalue weighted by Crippen LogP contribution is -2.53. The minimum absolute atomic E-state index is 0.0663. The average Bonchev–Trinajstić information content (AvgIpc) is 2.24. The first-order valence-corrected chi connectivity index (χ1v) is 5.78. The molecular weight excluding hydrogens is 206 g/mol. The van der Waals surface area contributed by atoms with E-state index in [4.69, 9.17) is 5.73 Å². The fraction of sp³-hybridized carbons (Fsp3) is 0.818. The summed E-state index contributed by atoms with van der Waals surface area (Å²) in [7, 11) is 0. The van der Waals surface area contributed by atoms with Crippen molar-refractivity contribution in [3.8, 4) is 0 Å². The molecule has 0 aromatic carbocycles. The zero-order valence-corrected chi connectivity index (χ0v) is 10.5. The second-order valence-electron chi connectivity index (χ2n) is 4.19. The largest absolute Gasteiger partial charge is 0.352 e. The van der Waals surface area contributed by atoms with Crippen molar-refractivity contribution in [1.82, 2.24) is 10.6 Å². The Balaban J connectivity index is 4.49. The molecule has 4 N–H and O–H groups in total. The van der Waals surface area contributed by atoms with Gasteiger partial charge in [0, 0.05) is 6.04 Å². The number of hydrogen-bond acceptors (Lipinski definition) is 2. The number of hydrogen-bond donors (Lipinski definition) is 3. The van der Waals surface area contributed by atoms with Crippen molar-refractivity contribution in [3.63, 3.8) is 0 Å². The van der Waals surface area contributed by atoms with Crippen molar-refractivity contribution in [2.45, 2.75) is 52.6 Å². The number of carbonyl (C=O) groups excluding carboxylic acids is 2. The van der Waals surface area contributed by atoms with Crippen molar-refractivity contribution in [2.75, 3.05) is 0 Å². The Morgan fingerprint density at radius 3 is 2.06 bits per heavy atom. The van der Waals surface area contributed by atoms with Crippen LogP contribution >= 0.6 is 0 Å². The standard InChI is InChI=1S/C11H23N3O2/c1-5-7(3)9(14-11(12)16)10(15)13-8(4)6-2/h7-9H,5-6H2,1-4H3,(H,13,15)(H3,12,14,16)/t7-,8-,9-/m0/s1. The van der Waals surface area contributed by atoms with Gasteiger partial charge in [0.1, 0.15) is 6.04 Å². The summed E-state index contributed by atoms with van der Waals surface area (Å²) in [5.41, 5.74) is 5.06. The SMILES string of the molecule is CC[C@H](C)NC(=O)[C@@H](NC(N)=O)[C@@H](C)CC. The van der Waals surface area contributed by atoms with Crippen LogP contribution in [-0.4, -0.2) is 24.0 Å². The Morgan fingerprint density at radius 2 is 1.69 bits per heavy atom. The Hall–Kier alpha value is -1.26. The molecular formula is C11H23N3O2. The maximum absolute atomic E-state index is 11.9. The van der Waals surface area contributed by atoms with Gasteiger partial charge in [-0.2, -0.15) is 0 Å². The molecule has 0 bridgehead atoms. The van der Waals surface area contributed by atoms with Gasteiger partial charge in [-0.25, -0.2) is 4.79 Å². The predicted octanol–water partition coefficient (Wildman–Crippen LogP) is 0.984. The number of urea groups is 1. The summed E-state index contributed by atoms with van der Waals surface area (Å²) >= 11 is 0. The molecule has 16 heavy (non-hydrogen) atoms. The normalized spacial score (nSPS) is 16.0. The van der Waals surface area contributed by atoms with E-state index >= 15 is 0 Å². The van der Waals surface area contributed by atoms with E-state index in [-0.39, 0.29) is 17.9 Å². The maximum atomic E-state index is 11.9. The molecule has 0 saturated carbocycles. The van der Waals surface area contributed by atoms with Crippen LogP contribution in [0.4, 0.5) is 4.79 Å². The summed E-state index contributed by atoms with van der Waals surface area (Å²) in [6.07, 6.45) is 1.66. The van der Waals surface area contributed by atoms with Gasteiger partial charge >= 0.3 is 6.03 Å². The minimum atomic E-state index is -0.662. The number of nitrogens with two attached hydrogens (primary N) is 1. The van der Waals surface area contributed by atoms with Crippen molar-refractivity contribution in [1.29, 1.82) is 0 Å².